The average Bonchev–Trinajstić information content (AvgIpc) is 3.08. The predicted octanol–water partition coefficient (Wildman–Crippen LogP) is 2.71. The lowest BCUT2D eigenvalue weighted by Crippen LogP contribution is -2.15. The van der Waals surface area contributed by atoms with Crippen molar-refractivity contribution in [1.29, 1.82) is 0 Å². The van der Waals surface area contributed by atoms with E-state index >= 15 is 0 Å². The van der Waals surface area contributed by atoms with Crippen LogP contribution in [-0.2, 0) is 10.0 Å². The minimum absolute atomic E-state index is 0.102. The average molecular weight is 418 g/mol. The zero-order valence-electron chi connectivity index (χ0n) is 15.5. The molecule has 0 bridgehead atoms. The Hall–Kier alpha value is -2.72. The van der Waals surface area contributed by atoms with Crippen LogP contribution in [0.2, 0.25) is 0 Å². The molecular formula is C18H19N5O3S2. The fourth-order valence-corrected chi connectivity index (χ4v) is 4.01. The van der Waals surface area contributed by atoms with Gasteiger partial charge in [0.25, 0.3) is 0 Å². The molecule has 0 spiro atoms. The van der Waals surface area contributed by atoms with Gasteiger partial charge < -0.3 is 0 Å². The molecular weight excluding hydrogens is 398 g/mol. The SMILES string of the molecule is Cc1ccccc1-n1nnnc1S[C@@H](C)C(=O)c1ccc(NS(C)(=O)=O)cc1. The molecule has 0 aliphatic rings. The number of ketones is 1. The van der Waals surface area contributed by atoms with Crippen molar-refractivity contribution in [3.63, 3.8) is 0 Å². The van der Waals surface area contributed by atoms with Gasteiger partial charge in [-0.05, 0) is 60.2 Å². The van der Waals surface area contributed by atoms with Gasteiger partial charge >= 0.3 is 0 Å². The second-order valence-electron chi connectivity index (χ2n) is 6.24. The lowest BCUT2D eigenvalue weighted by molar-refractivity contribution is 0.0994. The van der Waals surface area contributed by atoms with Gasteiger partial charge in [0.15, 0.2) is 5.78 Å². The molecule has 2 aromatic carbocycles. The van der Waals surface area contributed by atoms with Crippen LogP contribution in [0, 0.1) is 6.92 Å². The van der Waals surface area contributed by atoms with Gasteiger partial charge in [0.1, 0.15) is 0 Å². The van der Waals surface area contributed by atoms with Crippen LogP contribution in [0.15, 0.2) is 53.7 Å². The fraction of sp³-hybridized carbons (Fsp3) is 0.222. The van der Waals surface area contributed by atoms with Crippen LogP contribution in [0.3, 0.4) is 0 Å². The molecule has 0 saturated heterocycles. The Labute approximate surface area is 167 Å². The maximum atomic E-state index is 12.7. The van der Waals surface area contributed by atoms with Crippen LogP contribution in [-0.4, -0.2) is 45.9 Å². The minimum Gasteiger partial charge on any atom is -0.293 e. The summed E-state index contributed by atoms with van der Waals surface area (Å²) in [6, 6.07) is 14.0. The third-order valence-electron chi connectivity index (χ3n) is 3.91. The summed E-state index contributed by atoms with van der Waals surface area (Å²) < 4.78 is 26.5. The third-order valence-corrected chi connectivity index (χ3v) is 5.55. The first-order valence-electron chi connectivity index (χ1n) is 8.38. The highest BCUT2D eigenvalue weighted by molar-refractivity contribution is 8.00. The number of nitrogens with zero attached hydrogens (tertiary/aromatic N) is 4. The van der Waals surface area contributed by atoms with E-state index in [0.29, 0.717) is 16.4 Å². The fourth-order valence-electron chi connectivity index (χ4n) is 2.57. The number of rotatable bonds is 7. The number of benzene rings is 2. The molecule has 0 radical (unpaired) electrons. The van der Waals surface area contributed by atoms with Gasteiger partial charge in [-0.25, -0.2) is 8.42 Å². The van der Waals surface area contributed by atoms with Gasteiger partial charge in [0, 0.05) is 11.3 Å². The van der Waals surface area contributed by atoms with E-state index in [-0.39, 0.29) is 5.78 Å². The standard InChI is InChI=1S/C18H19N5O3S2/c1-12-6-4-5-7-16(12)23-18(19-21-22-23)27-13(2)17(24)14-8-10-15(11-9-14)20-28(3,25)26/h4-11,13,20H,1-3H3/t13-/m0/s1. The largest absolute Gasteiger partial charge is 0.293 e. The Morgan fingerprint density at radius 3 is 2.46 bits per heavy atom. The van der Waals surface area contributed by atoms with Crippen molar-refractivity contribution in [3.8, 4) is 5.69 Å². The van der Waals surface area contributed by atoms with E-state index in [1.165, 1.54) is 11.8 Å². The number of anilines is 1. The molecule has 8 nitrogen and oxygen atoms in total. The number of hydrogen-bond donors (Lipinski definition) is 1. The van der Waals surface area contributed by atoms with Crippen molar-refractivity contribution in [2.75, 3.05) is 11.0 Å². The molecule has 0 saturated carbocycles. The molecule has 28 heavy (non-hydrogen) atoms. The van der Waals surface area contributed by atoms with Crippen LogP contribution >= 0.6 is 11.8 Å². The molecule has 0 unspecified atom stereocenters. The van der Waals surface area contributed by atoms with E-state index in [1.807, 2.05) is 31.2 Å². The van der Waals surface area contributed by atoms with E-state index in [1.54, 1.807) is 35.9 Å². The van der Waals surface area contributed by atoms with Crippen molar-refractivity contribution in [3.05, 3.63) is 59.7 Å². The zero-order chi connectivity index (χ0) is 20.3. The minimum atomic E-state index is -3.36. The summed E-state index contributed by atoms with van der Waals surface area (Å²) in [6.07, 6.45) is 1.07. The van der Waals surface area contributed by atoms with Crippen molar-refractivity contribution in [2.45, 2.75) is 24.3 Å². The Morgan fingerprint density at radius 2 is 1.82 bits per heavy atom. The van der Waals surface area contributed by atoms with E-state index in [9.17, 15) is 13.2 Å². The maximum absolute atomic E-state index is 12.7. The topological polar surface area (TPSA) is 107 Å². The van der Waals surface area contributed by atoms with Crippen LogP contribution in [0.5, 0.6) is 0 Å². The summed E-state index contributed by atoms with van der Waals surface area (Å²) in [7, 11) is -3.36. The van der Waals surface area contributed by atoms with Crippen LogP contribution in [0.1, 0.15) is 22.8 Å². The number of hydrogen-bond acceptors (Lipinski definition) is 7. The quantitative estimate of drug-likeness (QED) is 0.465. The summed E-state index contributed by atoms with van der Waals surface area (Å²) in [5.41, 5.74) is 2.76. The highest BCUT2D eigenvalue weighted by Gasteiger charge is 2.21. The molecule has 1 aromatic heterocycles. The first-order valence-corrected chi connectivity index (χ1v) is 11.1. The number of thioether (sulfide) groups is 1. The smallest absolute Gasteiger partial charge is 0.229 e. The maximum Gasteiger partial charge on any atom is 0.229 e. The van der Waals surface area contributed by atoms with E-state index in [2.05, 4.69) is 20.2 Å². The van der Waals surface area contributed by atoms with Gasteiger partial charge in [-0.2, -0.15) is 4.68 Å². The van der Waals surface area contributed by atoms with Crippen molar-refractivity contribution < 1.29 is 13.2 Å². The molecule has 146 valence electrons. The number of carbonyl (C=O) groups is 1. The van der Waals surface area contributed by atoms with Crippen LogP contribution in [0.25, 0.3) is 5.69 Å². The molecule has 3 rings (SSSR count). The van der Waals surface area contributed by atoms with E-state index in [4.69, 9.17) is 0 Å². The number of carbonyl (C=O) groups excluding carboxylic acids is 1. The van der Waals surface area contributed by atoms with Crippen LogP contribution < -0.4 is 4.72 Å². The van der Waals surface area contributed by atoms with Crippen molar-refractivity contribution in [2.24, 2.45) is 0 Å². The van der Waals surface area contributed by atoms with Crippen LogP contribution in [0.4, 0.5) is 5.69 Å². The molecule has 3 aromatic rings. The number of para-hydroxylation sites is 1. The molecule has 1 heterocycles. The van der Waals surface area contributed by atoms with Crippen molar-refractivity contribution >= 4 is 33.3 Å². The Bertz CT molecular complexity index is 1090. The molecule has 1 atom stereocenters. The second-order valence-corrected chi connectivity index (χ2v) is 9.29. The zero-order valence-corrected chi connectivity index (χ0v) is 17.2. The number of aryl methyl sites for hydroxylation is 1. The normalized spacial score (nSPS) is 12.5. The Kier molecular flexibility index (Phi) is 5.80. The third kappa shape index (κ3) is 4.76. The Balaban J connectivity index is 1.75. The highest BCUT2D eigenvalue weighted by atomic mass is 32.2. The highest BCUT2D eigenvalue weighted by Crippen LogP contribution is 2.26. The summed E-state index contributed by atoms with van der Waals surface area (Å²) in [4.78, 5) is 12.7. The van der Waals surface area contributed by atoms with Gasteiger partial charge in [-0.1, -0.05) is 30.0 Å². The monoisotopic (exact) mass is 417 g/mol. The lowest BCUT2D eigenvalue weighted by Gasteiger charge is -2.12. The van der Waals surface area contributed by atoms with Gasteiger partial charge in [0.2, 0.25) is 15.2 Å². The summed E-state index contributed by atoms with van der Waals surface area (Å²) in [6.45, 7) is 3.75. The summed E-state index contributed by atoms with van der Waals surface area (Å²) >= 11 is 1.26. The van der Waals surface area contributed by atoms with Gasteiger partial charge in [-0.15, -0.1) is 5.10 Å². The van der Waals surface area contributed by atoms with Crippen molar-refractivity contribution in [1.82, 2.24) is 20.2 Å². The number of sulfonamides is 1. The predicted molar refractivity (Wildman–Crippen MR) is 108 cm³/mol. The first kappa shape index (κ1) is 20.0. The molecule has 0 fully saturated rings. The molecule has 0 aliphatic heterocycles. The number of Topliss-reactive ketones (excluding diaryl/α,β-unsaturated/α-hetero) is 1. The first-order chi connectivity index (χ1) is 13.2. The lowest BCUT2D eigenvalue weighted by atomic mass is 10.1. The van der Waals surface area contributed by atoms with E-state index < -0.39 is 15.3 Å². The van der Waals surface area contributed by atoms with Gasteiger partial charge in [0.05, 0.1) is 17.2 Å². The number of aromatic nitrogens is 4. The summed E-state index contributed by atoms with van der Waals surface area (Å²) in [5, 5.41) is 11.9. The Morgan fingerprint density at radius 1 is 1.14 bits per heavy atom. The van der Waals surface area contributed by atoms with E-state index in [0.717, 1.165) is 17.5 Å². The summed E-state index contributed by atoms with van der Waals surface area (Å²) in [5.74, 6) is -0.102. The molecule has 10 heteroatoms. The number of nitrogens with one attached hydrogen (secondary N) is 1. The van der Waals surface area contributed by atoms with Gasteiger partial charge in [-0.3, -0.25) is 9.52 Å². The molecule has 1 N–H and O–H groups in total. The number of tetrazole rings is 1. The molecule has 0 amide bonds. The second kappa shape index (κ2) is 8.11. The molecule has 0 aliphatic carbocycles.